The summed E-state index contributed by atoms with van der Waals surface area (Å²) in [5.41, 5.74) is 0. The van der Waals surface area contributed by atoms with Crippen LogP contribution in [0.25, 0.3) is 0 Å². The predicted molar refractivity (Wildman–Crippen MR) is 144 cm³/mol. The third-order valence-corrected chi connectivity index (χ3v) is 6.93. The van der Waals surface area contributed by atoms with Crippen molar-refractivity contribution in [1.29, 1.82) is 0 Å². The fraction of sp³-hybridized carbons (Fsp3) is 0.933. The second kappa shape index (κ2) is 25.2. The van der Waals surface area contributed by atoms with E-state index in [-0.39, 0.29) is 17.7 Å². The van der Waals surface area contributed by atoms with E-state index in [1.807, 2.05) is 0 Å². The number of hydrogen-bond donors (Lipinski definition) is 1. The van der Waals surface area contributed by atoms with Crippen LogP contribution in [-0.4, -0.2) is 23.1 Å². The lowest BCUT2D eigenvalue weighted by atomic mass is 9.94. The van der Waals surface area contributed by atoms with Gasteiger partial charge in [-0.15, -0.1) is 0 Å². The van der Waals surface area contributed by atoms with Crippen LogP contribution in [0.5, 0.6) is 0 Å². The van der Waals surface area contributed by atoms with Crippen molar-refractivity contribution in [2.75, 3.05) is 0 Å². The molecule has 34 heavy (non-hydrogen) atoms. The Bertz CT molecular complexity index is 463. The molecule has 0 aliphatic rings. The van der Waals surface area contributed by atoms with Gasteiger partial charge in [-0.3, -0.25) is 9.59 Å². The van der Waals surface area contributed by atoms with Crippen LogP contribution < -0.4 is 0 Å². The van der Waals surface area contributed by atoms with Crippen LogP contribution in [0.15, 0.2) is 0 Å². The minimum Gasteiger partial charge on any atom is -0.428 e. The van der Waals surface area contributed by atoms with Crippen LogP contribution in [0.3, 0.4) is 0 Å². The van der Waals surface area contributed by atoms with Gasteiger partial charge in [0.15, 0.2) is 0 Å². The van der Waals surface area contributed by atoms with E-state index in [1.165, 1.54) is 83.5 Å². The summed E-state index contributed by atoms with van der Waals surface area (Å²) in [6, 6.07) is 0. The van der Waals surface area contributed by atoms with E-state index in [0.717, 1.165) is 57.8 Å². The van der Waals surface area contributed by atoms with E-state index in [1.54, 1.807) is 0 Å². The molecule has 2 atom stereocenters. The lowest BCUT2D eigenvalue weighted by molar-refractivity contribution is -0.179. The number of aliphatic hydroxyl groups excluding tert-OH is 1. The fourth-order valence-electron chi connectivity index (χ4n) is 4.55. The van der Waals surface area contributed by atoms with E-state index >= 15 is 0 Å². The minimum atomic E-state index is -1.59. The van der Waals surface area contributed by atoms with Crippen LogP contribution in [0, 0.1) is 5.92 Å². The second-order valence-corrected chi connectivity index (χ2v) is 10.3. The zero-order valence-electron chi connectivity index (χ0n) is 23.1. The van der Waals surface area contributed by atoms with Crippen LogP contribution in [0.1, 0.15) is 168 Å². The number of rotatable bonds is 26. The first kappa shape index (κ1) is 33.1. The number of Topliss-reactive ketones (excluding diaryl/α,β-unsaturated/α-hetero) is 1. The molecule has 0 aromatic carbocycles. The summed E-state index contributed by atoms with van der Waals surface area (Å²) >= 11 is 0. The largest absolute Gasteiger partial charge is 0.428 e. The van der Waals surface area contributed by atoms with E-state index in [4.69, 9.17) is 4.74 Å². The number of unbranched alkanes of at least 4 members (excludes halogenated alkanes) is 17. The highest BCUT2D eigenvalue weighted by Crippen LogP contribution is 2.21. The Morgan fingerprint density at radius 3 is 1.35 bits per heavy atom. The average molecular weight is 483 g/mol. The van der Waals surface area contributed by atoms with Gasteiger partial charge in [0.05, 0.1) is 5.92 Å². The number of ketones is 1. The summed E-state index contributed by atoms with van der Waals surface area (Å²) in [6.07, 6.45) is 23.9. The zero-order valence-corrected chi connectivity index (χ0v) is 23.1. The molecule has 1 N–H and O–H groups in total. The van der Waals surface area contributed by atoms with Crippen LogP contribution in [0.2, 0.25) is 0 Å². The van der Waals surface area contributed by atoms with Gasteiger partial charge in [0, 0.05) is 6.42 Å². The highest BCUT2D eigenvalue weighted by atomic mass is 16.6. The van der Waals surface area contributed by atoms with Crippen molar-refractivity contribution >= 4 is 11.8 Å². The molecule has 0 rings (SSSR count). The molecule has 0 aliphatic carbocycles. The Balaban J connectivity index is 4.20. The summed E-state index contributed by atoms with van der Waals surface area (Å²) in [7, 11) is 0. The monoisotopic (exact) mass is 482 g/mol. The van der Waals surface area contributed by atoms with Gasteiger partial charge in [-0.2, -0.15) is 0 Å². The van der Waals surface area contributed by atoms with Crippen LogP contribution >= 0.6 is 0 Å². The van der Waals surface area contributed by atoms with Crippen molar-refractivity contribution in [3.63, 3.8) is 0 Å². The van der Waals surface area contributed by atoms with Crippen molar-refractivity contribution in [2.24, 2.45) is 5.92 Å². The summed E-state index contributed by atoms with van der Waals surface area (Å²) in [5.74, 6) is -0.921. The maximum Gasteiger partial charge on any atom is 0.311 e. The molecule has 2 unspecified atom stereocenters. The van der Waals surface area contributed by atoms with Crippen LogP contribution in [-0.2, 0) is 14.3 Å². The number of esters is 1. The normalized spacial score (nSPS) is 13.1. The number of hydrogen-bond acceptors (Lipinski definition) is 4. The number of ether oxygens (including phenoxy) is 1. The lowest BCUT2D eigenvalue weighted by Crippen LogP contribution is -2.30. The Labute approximate surface area is 212 Å². The number of aliphatic hydroxyl groups is 1. The lowest BCUT2D eigenvalue weighted by Gasteiger charge is -2.18. The molecule has 0 heterocycles. The Morgan fingerprint density at radius 2 is 0.912 bits per heavy atom. The molecule has 0 fully saturated rings. The van der Waals surface area contributed by atoms with E-state index < -0.39 is 6.29 Å². The molecule has 0 saturated heterocycles. The van der Waals surface area contributed by atoms with E-state index in [9.17, 15) is 14.7 Å². The molecule has 0 aromatic rings. The molecular weight excluding hydrogens is 424 g/mol. The standard InChI is InChI=1S/C30H58O4/c1-4-7-10-13-15-16-18-20-23-26-28(31)30(33)34-29(32)27(24-21-12-9-6-3)25-22-19-17-14-11-8-5-2/h27,30,33H,4-26H2,1-3H3. The molecule has 0 aromatic heterocycles. The smallest absolute Gasteiger partial charge is 0.311 e. The van der Waals surface area contributed by atoms with Gasteiger partial charge in [-0.05, 0) is 19.3 Å². The van der Waals surface area contributed by atoms with Crippen molar-refractivity contribution < 1.29 is 19.4 Å². The third-order valence-electron chi connectivity index (χ3n) is 6.93. The van der Waals surface area contributed by atoms with Crippen LogP contribution in [0.4, 0.5) is 0 Å². The first-order valence-corrected chi connectivity index (χ1v) is 15.0. The molecule has 0 radical (unpaired) electrons. The van der Waals surface area contributed by atoms with Gasteiger partial charge in [0.2, 0.25) is 5.78 Å². The topological polar surface area (TPSA) is 63.6 Å². The highest BCUT2D eigenvalue weighted by molar-refractivity contribution is 5.84. The molecule has 4 nitrogen and oxygen atoms in total. The van der Waals surface area contributed by atoms with Gasteiger partial charge in [0.25, 0.3) is 6.29 Å². The third kappa shape index (κ3) is 20.5. The zero-order chi connectivity index (χ0) is 25.3. The average Bonchev–Trinajstić information content (AvgIpc) is 2.83. The molecule has 4 heteroatoms. The second-order valence-electron chi connectivity index (χ2n) is 10.3. The Morgan fingerprint density at radius 1 is 0.559 bits per heavy atom. The van der Waals surface area contributed by atoms with Gasteiger partial charge >= 0.3 is 5.97 Å². The molecule has 0 saturated carbocycles. The van der Waals surface area contributed by atoms with Crippen molar-refractivity contribution in [2.45, 2.75) is 175 Å². The first-order valence-electron chi connectivity index (χ1n) is 15.0. The highest BCUT2D eigenvalue weighted by Gasteiger charge is 2.25. The van der Waals surface area contributed by atoms with Gasteiger partial charge in [-0.25, -0.2) is 0 Å². The molecule has 0 bridgehead atoms. The van der Waals surface area contributed by atoms with Crippen molar-refractivity contribution in [1.82, 2.24) is 0 Å². The number of carbonyl (C=O) groups excluding carboxylic acids is 2. The first-order chi connectivity index (χ1) is 16.6. The maximum absolute atomic E-state index is 12.7. The molecule has 0 aliphatic heterocycles. The molecular formula is C30H58O4. The summed E-state index contributed by atoms with van der Waals surface area (Å²) < 4.78 is 5.24. The SMILES string of the molecule is CCCCCCCCCCCC(=O)C(O)OC(=O)C(CCCCCC)CCCCCCCCC. The molecule has 202 valence electrons. The van der Waals surface area contributed by atoms with Crippen molar-refractivity contribution in [3.05, 3.63) is 0 Å². The van der Waals surface area contributed by atoms with Gasteiger partial charge in [-0.1, -0.05) is 143 Å². The van der Waals surface area contributed by atoms with Gasteiger partial charge in [0.1, 0.15) is 0 Å². The quantitative estimate of drug-likeness (QED) is 0.0758. The fourth-order valence-corrected chi connectivity index (χ4v) is 4.55. The summed E-state index contributed by atoms with van der Waals surface area (Å²) in [4.78, 5) is 25.0. The minimum absolute atomic E-state index is 0.192. The molecule has 0 amide bonds. The van der Waals surface area contributed by atoms with E-state index in [2.05, 4.69) is 20.8 Å². The summed E-state index contributed by atoms with van der Waals surface area (Å²) in [5, 5.41) is 10.2. The summed E-state index contributed by atoms with van der Waals surface area (Å²) in [6.45, 7) is 6.64. The molecule has 0 spiro atoms. The number of carbonyl (C=O) groups is 2. The Kier molecular flexibility index (Phi) is 24.5. The maximum atomic E-state index is 12.7. The Hall–Kier alpha value is -0.900. The van der Waals surface area contributed by atoms with E-state index in [0.29, 0.717) is 6.42 Å². The predicted octanol–water partition coefficient (Wildman–Crippen LogP) is 9.07. The van der Waals surface area contributed by atoms with Gasteiger partial charge < -0.3 is 9.84 Å². The van der Waals surface area contributed by atoms with Crippen molar-refractivity contribution in [3.8, 4) is 0 Å².